The maximum absolute atomic E-state index is 8.77. The standard InChI is InChI=1S/C13H20N4O/c1-17(7-8-18-2)6-5-16-12-4-3-11(10-14)13(15)9-12/h3-4,9,16H,5-8,15H2,1-2H3. The minimum Gasteiger partial charge on any atom is -0.398 e. The Hall–Kier alpha value is -1.77. The van der Waals surface area contributed by atoms with Crippen LogP contribution in [-0.2, 0) is 4.74 Å². The average Bonchev–Trinajstić information content (AvgIpc) is 2.36. The Kier molecular flexibility index (Phi) is 5.98. The average molecular weight is 248 g/mol. The van der Waals surface area contributed by atoms with Gasteiger partial charge in [0.15, 0.2) is 0 Å². The molecule has 5 nitrogen and oxygen atoms in total. The van der Waals surface area contributed by atoms with Crippen LogP contribution in [0.5, 0.6) is 0 Å². The first kappa shape index (κ1) is 14.3. The van der Waals surface area contributed by atoms with Gasteiger partial charge in [-0.25, -0.2) is 0 Å². The Morgan fingerprint density at radius 3 is 2.83 bits per heavy atom. The first-order chi connectivity index (χ1) is 8.67. The third-order valence-corrected chi connectivity index (χ3v) is 2.67. The fraction of sp³-hybridized carbons (Fsp3) is 0.462. The zero-order valence-corrected chi connectivity index (χ0v) is 10.9. The number of methoxy groups -OCH3 is 1. The number of hydrogen-bond acceptors (Lipinski definition) is 5. The number of nitrogen functional groups attached to an aromatic ring is 1. The van der Waals surface area contributed by atoms with Crippen molar-refractivity contribution in [3.63, 3.8) is 0 Å². The molecule has 0 unspecified atom stereocenters. The van der Waals surface area contributed by atoms with Crippen LogP contribution in [0.1, 0.15) is 5.56 Å². The van der Waals surface area contributed by atoms with Gasteiger partial charge in [-0.2, -0.15) is 5.26 Å². The molecule has 0 aromatic heterocycles. The minimum atomic E-state index is 0.509. The number of benzene rings is 1. The van der Waals surface area contributed by atoms with Gasteiger partial charge in [0.1, 0.15) is 6.07 Å². The van der Waals surface area contributed by atoms with Gasteiger partial charge in [-0.3, -0.25) is 0 Å². The molecule has 0 saturated heterocycles. The van der Waals surface area contributed by atoms with Crippen molar-refractivity contribution >= 4 is 11.4 Å². The highest BCUT2D eigenvalue weighted by Gasteiger charge is 2.00. The zero-order chi connectivity index (χ0) is 13.4. The lowest BCUT2D eigenvalue weighted by molar-refractivity contribution is 0.163. The molecule has 1 rings (SSSR count). The van der Waals surface area contributed by atoms with E-state index >= 15 is 0 Å². The number of ether oxygens (including phenoxy) is 1. The van der Waals surface area contributed by atoms with Gasteiger partial charge in [-0.1, -0.05) is 0 Å². The number of anilines is 2. The molecular weight excluding hydrogens is 228 g/mol. The first-order valence-electron chi connectivity index (χ1n) is 5.88. The number of rotatable bonds is 7. The summed E-state index contributed by atoms with van der Waals surface area (Å²) in [4.78, 5) is 2.18. The Morgan fingerprint density at radius 1 is 1.44 bits per heavy atom. The van der Waals surface area contributed by atoms with E-state index in [2.05, 4.69) is 10.2 Å². The Morgan fingerprint density at radius 2 is 2.22 bits per heavy atom. The van der Waals surface area contributed by atoms with Crippen LogP contribution in [-0.4, -0.2) is 45.3 Å². The number of nitrogens with zero attached hydrogens (tertiary/aromatic N) is 2. The number of likely N-dealkylation sites (N-methyl/N-ethyl adjacent to an activating group) is 1. The number of hydrogen-bond donors (Lipinski definition) is 2. The van der Waals surface area contributed by atoms with Gasteiger partial charge in [0.25, 0.3) is 0 Å². The second-order valence-electron chi connectivity index (χ2n) is 4.14. The van der Waals surface area contributed by atoms with E-state index in [1.54, 1.807) is 19.2 Å². The summed E-state index contributed by atoms with van der Waals surface area (Å²) < 4.78 is 5.01. The number of nitriles is 1. The molecule has 0 fully saturated rings. The molecule has 1 aromatic carbocycles. The molecule has 0 heterocycles. The van der Waals surface area contributed by atoms with Crippen molar-refractivity contribution in [1.29, 1.82) is 5.26 Å². The maximum Gasteiger partial charge on any atom is 0.101 e. The predicted octanol–water partition coefficient (Wildman–Crippen LogP) is 1.13. The summed E-state index contributed by atoms with van der Waals surface area (Å²) >= 11 is 0. The van der Waals surface area contributed by atoms with E-state index < -0.39 is 0 Å². The van der Waals surface area contributed by atoms with E-state index in [1.807, 2.05) is 19.2 Å². The van der Waals surface area contributed by atoms with Crippen LogP contribution in [0.15, 0.2) is 18.2 Å². The summed E-state index contributed by atoms with van der Waals surface area (Å²) in [5.41, 5.74) is 7.70. The van der Waals surface area contributed by atoms with E-state index in [0.29, 0.717) is 11.3 Å². The van der Waals surface area contributed by atoms with Crippen molar-refractivity contribution in [2.75, 3.05) is 51.4 Å². The molecule has 0 bridgehead atoms. The number of nitrogens with one attached hydrogen (secondary N) is 1. The summed E-state index contributed by atoms with van der Waals surface area (Å²) in [5.74, 6) is 0. The minimum absolute atomic E-state index is 0.509. The molecular formula is C13H20N4O. The van der Waals surface area contributed by atoms with Gasteiger partial charge in [-0.15, -0.1) is 0 Å². The second-order valence-corrected chi connectivity index (χ2v) is 4.14. The topological polar surface area (TPSA) is 74.3 Å². The molecule has 0 radical (unpaired) electrons. The Bertz CT molecular complexity index is 414. The van der Waals surface area contributed by atoms with Gasteiger partial charge < -0.3 is 20.7 Å². The summed E-state index contributed by atoms with van der Waals surface area (Å²) in [7, 11) is 3.75. The summed E-state index contributed by atoms with van der Waals surface area (Å²) in [5, 5.41) is 12.0. The van der Waals surface area contributed by atoms with Crippen LogP contribution in [0.2, 0.25) is 0 Å². The second kappa shape index (κ2) is 7.54. The molecule has 0 spiro atoms. The fourth-order valence-electron chi connectivity index (χ4n) is 1.52. The van der Waals surface area contributed by atoms with E-state index in [-0.39, 0.29) is 0 Å². The summed E-state index contributed by atoms with van der Waals surface area (Å²) in [6.45, 7) is 3.39. The molecule has 5 heteroatoms. The highest BCUT2D eigenvalue weighted by atomic mass is 16.5. The molecule has 0 aliphatic rings. The Balaban J connectivity index is 2.36. The maximum atomic E-state index is 8.77. The Labute approximate surface area is 108 Å². The largest absolute Gasteiger partial charge is 0.398 e. The smallest absolute Gasteiger partial charge is 0.101 e. The lowest BCUT2D eigenvalue weighted by Crippen LogP contribution is -2.28. The third-order valence-electron chi connectivity index (χ3n) is 2.67. The van der Waals surface area contributed by atoms with E-state index in [4.69, 9.17) is 15.7 Å². The van der Waals surface area contributed by atoms with Gasteiger partial charge in [-0.05, 0) is 25.2 Å². The SMILES string of the molecule is COCCN(C)CCNc1ccc(C#N)c(N)c1. The van der Waals surface area contributed by atoms with E-state index in [1.165, 1.54) is 0 Å². The van der Waals surface area contributed by atoms with Crippen molar-refractivity contribution in [3.05, 3.63) is 23.8 Å². The van der Waals surface area contributed by atoms with Crippen LogP contribution in [0.4, 0.5) is 11.4 Å². The lowest BCUT2D eigenvalue weighted by atomic mass is 10.2. The van der Waals surface area contributed by atoms with Crippen molar-refractivity contribution in [2.24, 2.45) is 0 Å². The molecule has 0 amide bonds. The molecule has 3 N–H and O–H groups in total. The van der Waals surface area contributed by atoms with Gasteiger partial charge in [0.05, 0.1) is 17.9 Å². The fourth-order valence-corrected chi connectivity index (χ4v) is 1.52. The molecule has 0 saturated carbocycles. The molecule has 0 atom stereocenters. The molecule has 0 aliphatic carbocycles. The van der Waals surface area contributed by atoms with Gasteiger partial charge in [0.2, 0.25) is 0 Å². The van der Waals surface area contributed by atoms with Gasteiger partial charge in [0, 0.05) is 32.4 Å². The van der Waals surface area contributed by atoms with Gasteiger partial charge >= 0.3 is 0 Å². The molecule has 0 aliphatic heterocycles. The van der Waals surface area contributed by atoms with Crippen LogP contribution < -0.4 is 11.1 Å². The third kappa shape index (κ3) is 4.62. The van der Waals surface area contributed by atoms with E-state index in [9.17, 15) is 0 Å². The quantitative estimate of drug-likeness (QED) is 0.708. The van der Waals surface area contributed by atoms with Crippen LogP contribution in [0.25, 0.3) is 0 Å². The van der Waals surface area contributed by atoms with Crippen molar-refractivity contribution in [1.82, 2.24) is 4.90 Å². The van der Waals surface area contributed by atoms with Crippen molar-refractivity contribution in [2.45, 2.75) is 0 Å². The zero-order valence-electron chi connectivity index (χ0n) is 10.9. The van der Waals surface area contributed by atoms with Crippen LogP contribution in [0.3, 0.4) is 0 Å². The predicted molar refractivity (Wildman–Crippen MR) is 73.4 cm³/mol. The monoisotopic (exact) mass is 248 g/mol. The van der Waals surface area contributed by atoms with Crippen LogP contribution >= 0.6 is 0 Å². The number of nitrogens with two attached hydrogens (primary N) is 1. The lowest BCUT2D eigenvalue weighted by Gasteiger charge is -2.16. The highest BCUT2D eigenvalue weighted by molar-refractivity contribution is 5.62. The van der Waals surface area contributed by atoms with Crippen molar-refractivity contribution < 1.29 is 4.74 Å². The van der Waals surface area contributed by atoms with Crippen molar-refractivity contribution in [3.8, 4) is 6.07 Å². The first-order valence-corrected chi connectivity index (χ1v) is 5.88. The van der Waals surface area contributed by atoms with Crippen LogP contribution in [0, 0.1) is 11.3 Å². The normalized spacial score (nSPS) is 10.3. The summed E-state index contributed by atoms with van der Waals surface area (Å²) in [6, 6.07) is 7.42. The summed E-state index contributed by atoms with van der Waals surface area (Å²) in [6.07, 6.45) is 0. The van der Waals surface area contributed by atoms with E-state index in [0.717, 1.165) is 31.9 Å². The molecule has 18 heavy (non-hydrogen) atoms. The molecule has 98 valence electrons. The highest BCUT2D eigenvalue weighted by Crippen LogP contribution is 2.16. The molecule has 1 aromatic rings.